The number of amides is 3. The Balaban J connectivity index is 3.00. The molecule has 5 atom stereocenters. The van der Waals surface area contributed by atoms with Gasteiger partial charge in [-0.2, -0.15) is 0 Å². The van der Waals surface area contributed by atoms with Crippen molar-refractivity contribution in [2.75, 3.05) is 13.1 Å². The summed E-state index contributed by atoms with van der Waals surface area (Å²) >= 11 is 0. The quantitative estimate of drug-likeness (QED) is 0.0492. The van der Waals surface area contributed by atoms with Gasteiger partial charge >= 0.3 is 5.97 Å². The summed E-state index contributed by atoms with van der Waals surface area (Å²) < 4.78 is 0. The number of aliphatic hydroxyl groups excluding tert-OH is 1. The molecule has 1 heterocycles. The van der Waals surface area contributed by atoms with Crippen molar-refractivity contribution in [3.05, 3.63) is 18.2 Å². The Morgan fingerprint density at radius 1 is 1.03 bits per heavy atom. The maximum atomic E-state index is 13.2. The highest BCUT2D eigenvalue weighted by Gasteiger charge is 2.31. The van der Waals surface area contributed by atoms with Gasteiger partial charge in [-0.15, -0.1) is 0 Å². The van der Waals surface area contributed by atoms with Gasteiger partial charge in [-0.25, -0.2) is 9.78 Å². The van der Waals surface area contributed by atoms with Crippen LogP contribution in [0.4, 0.5) is 0 Å². The molecule has 0 radical (unpaired) electrons. The summed E-state index contributed by atoms with van der Waals surface area (Å²) in [6.45, 7) is 1.74. The number of guanidine groups is 1. The zero-order valence-corrected chi connectivity index (χ0v) is 21.4. The van der Waals surface area contributed by atoms with Crippen molar-refractivity contribution in [3.63, 3.8) is 0 Å². The van der Waals surface area contributed by atoms with E-state index < -0.39 is 54.0 Å². The van der Waals surface area contributed by atoms with E-state index in [9.17, 15) is 29.4 Å². The van der Waals surface area contributed by atoms with Crippen LogP contribution in [0.5, 0.6) is 0 Å². The minimum absolute atomic E-state index is 0.0449. The Morgan fingerprint density at radius 3 is 2.16 bits per heavy atom. The first-order valence-electron chi connectivity index (χ1n) is 12.3. The van der Waals surface area contributed by atoms with Crippen LogP contribution in [0.15, 0.2) is 17.5 Å². The third kappa shape index (κ3) is 12.0. The number of aliphatic hydroxyl groups is 1. The van der Waals surface area contributed by atoms with E-state index in [1.54, 1.807) is 0 Å². The number of carbonyl (C=O) groups is 4. The topological polar surface area (TPSA) is 290 Å². The lowest BCUT2D eigenvalue weighted by atomic mass is 10.0. The van der Waals surface area contributed by atoms with E-state index in [1.165, 1.54) is 19.4 Å². The first kappa shape index (κ1) is 32.3. The van der Waals surface area contributed by atoms with Gasteiger partial charge in [-0.05, 0) is 45.6 Å². The van der Waals surface area contributed by atoms with Gasteiger partial charge in [0.2, 0.25) is 17.7 Å². The molecule has 0 saturated carbocycles. The Labute approximate surface area is 220 Å². The maximum absolute atomic E-state index is 13.2. The molecule has 14 N–H and O–H groups in total. The third-order valence-electron chi connectivity index (χ3n) is 5.54. The number of aliphatic imine (C=N–C) groups is 1. The van der Waals surface area contributed by atoms with Gasteiger partial charge in [0.05, 0.1) is 18.5 Å². The molecule has 0 aromatic carbocycles. The van der Waals surface area contributed by atoms with Crippen LogP contribution in [0.1, 0.15) is 44.7 Å². The SMILES string of the molecule is CC(O)C(NC(=O)C(CCCN=C(N)N)NC(=O)C(CCCCN)NC(=O)C(N)Cc1cnc[nH]1)C(=O)O. The molecule has 38 heavy (non-hydrogen) atoms. The summed E-state index contributed by atoms with van der Waals surface area (Å²) in [5, 5.41) is 26.4. The monoisotopic (exact) mass is 540 g/mol. The molecular formula is C22H40N10O6. The number of carboxylic acids is 1. The number of aromatic nitrogens is 2. The smallest absolute Gasteiger partial charge is 0.328 e. The Hall–Kier alpha value is -3.76. The van der Waals surface area contributed by atoms with Crippen molar-refractivity contribution in [3.8, 4) is 0 Å². The number of hydrogen-bond donors (Lipinski definition) is 10. The number of hydrogen-bond acceptors (Lipinski definition) is 9. The van der Waals surface area contributed by atoms with Crippen LogP contribution in [0, 0.1) is 0 Å². The fourth-order valence-electron chi connectivity index (χ4n) is 3.45. The van der Waals surface area contributed by atoms with Gasteiger partial charge in [-0.1, -0.05) is 0 Å². The number of aromatic amines is 1. The normalized spacial score (nSPS) is 14.8. The largest absolute Gasteiger partial charge is 0.480 e. The molecule has 1 rings (SSSR count). The average molecular weight is 541 g/mol. The molecule has 0 spiro atoms. The number of unbranched alkanes of at least 4 members (excludes halogenated alkanes) is 1. The zero-order valence-electron chi connectivity index (χ0n) is 21.4. The third-order valence-corrected chi connectivity index (χ3v) is 5.54. The zero-order chi connectivity index (χ0) is 28.7. The lowest BCUT2D eigenvalue weighted by molar-refractivity contribution is -0.145. The summed E-state index contributed by atoms with van der Waals surface area (Å²) in [7, 11) is 0. The van der Waals surface area contributed by atoms with Gasteiger partial charge < -0.3 is 54.1 Å². The fraction of sp³-hybridized carbons (Fsp3) is 0.636. The van der Waals surface area contributed by atoms with Crippen molar-refractivity contribution >= 4 is 29.7 Å². The molecule has 1 aromatic rings. The maximum Gasteiger partial charge on any atom is 0.328 e. The molecule has 0 bridgehead atoms. The van der Waals surface area contributed by atoms with E-state index in [1.807, 2.05) is 0 Å². The van der Waals surface area contributed by atoms with Crippen molar-refractivity contribution in [1.82, 2.24) is 25.9 Å². The fourth-order valence-corrected chi connectivity index (χ4v) is 3.45. The number of nitrogens with one attached hydrogen (secondary N) is 4. The minimum atomic E-state index is -1.60. The van der Waals surface area contributed by atoms with E-state index in [4.69, 9.17) is 22.9 Å². The Bertz CT molecular complexity index is 920. The number of nitrogens with two attached hydrogens (primary N) is 4. The highest BCUT2D eigenvalue weighted by atomic mass is 16.4. The molecule has 3 amide bonds. The van der Waals surface area contributed by atoms with Crippen molar-refractivity contribution in [2.24, 2.45) is 27.9 Å². The molecule has 0 saturated heterocycles. The number of carbonyl (C=O) groups excluding carboxylic acids is 3. The number of rotatable bonds is 18. The number of nitrogens with zero attached hydrogens (tertiary/aromatic N) is 2. The highest BCUT2D eigenvalue weighted by Crippen LogP contribution is 2.07. The van der Waals surface area contributed by atoms with Crippen LogP contribution >= 0.6 is 0 Å². The average Bonchev–Trinajstić information content (AvgIpc) is 3.35. The molecular weight excluding hydrogens is 500 g/mol. The van der Waals surface area contributed by atoms with E-state index in [0.29, 0.717) is 25.1 Å². The van der Waals surface area contributed by atoms with Gasteiger partial charge in [0.15, 0.2) is 12.0 Å². The van der Waals surface area contributed by atoms with Crippen molar-refractivity contribution in [2.45, 2.75) is 75.7 Å². The summed E-state index contributed by atoms with van der Waals surface area (Å²) in [5.41, 5.74) is 22.8. The molecule has 0 aliphatic rings. The summed E-state index contributed by atoms with van der Waals surface area (Å²) in [6.07, 6.45) is 3.38. The van der Waals surface area contributed by atoms with Crippen molar-refractivity contribution < 1.29 is 29.4 Å². The molecule has 1 aromatic heterocycles. The summed E-state index contributed by atoms with van der Waals surface area (Å²) in [6, 6.07) is -4.81. The molecule has 0 aliphatic heterocycles. The number of imidazole rings is 1. The second-order valence-electron chi connectivity index (χ2n) is 8.81. The Morgan fingerprint density at radius 2 is 1.63 bits per heavy atom. The number of aliphatic carboxylic acids is 1. The van der Waals surface area contributed by atoms with E-state index in [-0.39, 0.29) is 38.2 Å². The number of H-pyrrole nitrogens is 1. The van der Waals surface area contributed by atoms with Gasteiger partial charge in [0.25, 0.3) is 0 Å². The molecule has 16 nitrogen and oxygen atoms in total. The minimum Gasteiger partial charge on any atom is -0.480 e. The lowest BCUT2D eigenvalue weighted by Gasteiger charge is -2.26. The van der Waals surface area contributed by atoms with Crippen LogP contribution < -0.4 is 38.9 Å². The predicted molar refractivity (Wildman–Crippen MR) is 138 cm³/mol. The second-order valence-corrected chi connectivity index (χ2v) is 8.81. The number of carboxylic acid groups (broad SMARTS) is 1. The summed E-state index contributed by atoms with van der Waals surface area (Å²) in [4.78, 5) is 60.8. The van der Waals surface area contributed by atoms with E-state index in [2.05, 4.69) is 30.9 Å². The van der Waals surface area contributed by atoms with Crippen molar-refractivity contribution in [1.29, 1.82) is 0 Å². The second kappa shape index (κ2) is 16.9. The molecule has 0 aliphatic carbocycles. The standard InChI is InChI=1S/C22H40N10O6/c1-12(33)17(21(37)38)32-20(36)16(6-4-8-28-22(25)26)31-19(35)15(5-2-3-7-23)30-18(34)14(24)9-13-10-27-11-29-13/h10-12,14-17,33H,2-9,23-24H2,1H3,(H,27,29)(H,30,34)(H,31,35)(H,32,36)(H,37,38)(H4,25,26,28). The van der Waals surface area contributed by atoms with Gasteiger partial charge in [0.1, 0.15) is 12.1 Å². The van der Waals surface area contributed by atoms with Crippen LogP contribution in [0.25, 0.3) is 0 Å². The van der Waals surface area contributed by atoms with Gasteiger partial charge in [-0.3, -0.25) is 19.4 Å². The van der Waals surface area contributed by atoms with Crippen LogP contribution in [0.2, 0.25) is 0 Å². The van der Waals surface area contributed by atoms with Crippen LogP contribution in [-0.4, -0.2) is 93.2 Å². The van der Waals surface area contributed by atoms with E-state index >= 15 is 0 Å². The van der Waals surface area contributed by atoms with Crippen LogP contribution in [0.3, 0.4) is 0 Å². The lowest BCUT2D eigenvalue weighted by Crippen LogP contribution is -2.58. The first-order valence-corrected chi connectivity index (χ1v) is 12.3. The van der Waals surface area contributed by atoms with E-state index in [0.717, 1.165) is 0 Å². The van der Waals surface area contributed by atoms with Crippen LogP contribution in [-0.2, 0) is 25.6 Å². The molecule has 214 valence electrons. The van der Waals surface area contributed by atoms with Gasteiger partial charge in [0, 0.05) is 24.9 Å². The highest BCUT2D eigenvalue weighted by molar-refractivity contribution is 5.94. The predicted octanol–water partition coefficient (Wildman–Crippen LogP) is -3.62. The summed E-state index contributed by atoms with van der Waals surface area (Å²) in [5.74, 6) is -3.68. The molecule has 16 heteroatoms. The molecule has 5 unspecified atom stereocenters. The first-order chi connectivity index (χ1) is 18.0. The molecule has 0 fully saturated rings. The Kier molecular flexibility index (Phi) is 14.3.